The van der Waals surface area contributed by atoms with Crippen LogP contribution in [0, 0.1) is 5.92 Å². The summed E-state index contributed by atoms with van der Waals surface area (Å²) in [6.07, 6.45) is 6.52. The average molecular weight is 355 g/mol. The molecule has 0 spiro atoms. The fourth-order valence-electron chi connectivity index (χ4n) is 2.82. The average Bonchev–Trinajstić information content (AvgIpc) is 3.39. The number of imidazole rings is 1. The molecule has 1 aliphatic carbocycles. The van der Waals surface area contributed by atoms with Crippen LogP contribution in [0.1, 0.15) is 24.2 Å². The number of benzene rings is 1. The van der Waals surface area contributed by atoms with Gasteiger partial charge in [0.05, 0.1) is 13.2 Å². The summed E-state index contributed by atoms with van der Waals surface area (Å²) in [6, 6.07) is 10.4. The topological polar surface area (TPSA) is 54.7 Å². The number of aliphatic imine (C=N–C) groups is 1. The molecule has 2 aromatic rings. The largest absolute Gasteiger partial charge is 0.379 e. The number of guanidine groups is 1. The molecule has 0 radical (unpaired) electrons. The Kier molecular flexibility index (Phi) is 6.66. The lowest BCUT2D eigenvalue weighted by molar-refractivity contribution is 0.115. The second-order valence-electron chi connectivity index (χ2n) is 6.80. The van der Waals surface area contributed by atoms with Crippen LogP contribution in [0.25, 0.3) is 0 Å². The fraction of sp³-hybridized carbons (Fsp3) is 0.500. The number of ether oxygens (including phenoxy) is 1. The molecule has 0 amide bonds. The molecule has 6 nitrogen and oxygen atoms in total. The molecule has 3 rings (SSSR count). The number of rotatable bonds is 9. The van der Waals surface area contributed by atoms with Gasteiger partial charge in [-0.2, -0.15) is 0 Å². The Bertz CT molecular complexity index is 693. The first-order valence-electron chi connectivity index (χ1n) is 9.29. The third-order valence-corrected chi connectivity index (χ3v) is 4.60. The van der Waals surface area contributed by atoms with E-state index in [4.69, 9.17) is 4.74 Å². The minimum Gasteiger partial charge on any atom is -0.379 e. The zero-order chi connectivity index (χ0) is 18.2. The van der Waals surface area contributed by atoms with Crippen molar-refractivity contribution in [3.63, 3.8) is 0 Å². The highest BCUT2D eigenvalue weighted by Crippen LogP contribution is 2.28. The van der Waals surface area contributed by atoms with Gasteiger partial charge in [-0.1, -0.05) is 30.3 Å². The van der Waals surface area contributed by atoms with Gasteiger partial charge in [0.15, 0.2) is 5.96 Å². The lowest BCUT2D eigenvalue weighted by atomic mass is 10.2. The molecular weight excluding hydrogens is 326 g/mol. The smallest absolute Gasteiger partial charge is 0.193 e. The Morgan fingerprint density at radius 1 is 1.35 bits per heavy atom. The van der Waals surface area contributed by atoms with Gasteiger partial charge in [-0.25, -0.2) is 4.98 Å². The van der Waals surface area contributed by atoms with Crippen LogP contribution in [0.15, 0.2) is 47.7 Å². The van der Waals surface area contributed by atoms with E-state index < -0.39 is 0 Å². The lowest BCUT2D eigenvalue weighted by Gasteiger charge is -2.22. The molecule has 1 heterocycles. The van der Waals surface area contributed by atoms with Gasteiger partial charge >= 0.3 is 0 Å². The van der Waals surface area contributed by atoms with Crippen LogP contribution in [-0.2, 0) is 17.8 Å². The van der Waals surface area contributed by atoms with Gasteiger partial charge in [0.2, 0.25) is 0 Å². The lowest BCUT2D eigenvalue weighted by Crippen LogP contribution is -2.40. The molecule has 1 aromatic heterocycles. The van der Waals surface area contributed by atoms with Crippen molar-refractivity contribution in [3.8, 4) is 0 Å². The van der Waals surface area contributed by atoms with Gasteiger partial charge in [0, 0.05) is 46.2 Å². The van der Waals surface area contributed by atoms with Gasteiger partial charge in [-0.05, 0) is 24.3 Å². The van der Waals surface area contributed by atoms with E-state index in [9.17, 15) is 0 Å². The maximum atomic E-state index is 5.72. The molecule has 1 aromatic carbocycles. The van der Waals surface area contributed by atoms with E-state index in [-0.39, 0.29) is 0 Å². The van der Waals surface area contributed by atoms with Gasteiger partial charge in [-0.15, -0.1) is 0 Å². The minimum absolute atomic E-state index is 0.639. The van der Waals surface area contributed by atoms with Gasteiger partial charge in [0.25, 0.3) is 0 Å². The predicted molar refractivity (Wildman–Crippen MR) is 104 cm³/mol. The summed E-state index contributed by atoms with van der Waals surface area (Å²) >= 11 is 0. The van der Waals surface area contributed by atoms with Crippen molar-refractivity contribution in [2.75, 3.05) is 33.9 Å². The van der Waals surface area contributed by atoms with Crippen LogP contribution in [0.2, 0.25) is 0 Å². The first-order valence-corrected chi connectivity index (χ1v) is 9.29. The number of likely N-dealkylation sites (N-methyl/N-ethyl adjacent to an activating group) is 1. The van der Waals surface area contributed by atoms with Crippen LogP contribution in [-0.4, -0.2) is 54.3 Å². The number of hydrogen-bond acceptors (Lipinski definition) is 3. The highest BCUT2D eigenvalue weighted by molar-refractivity contribution is 5.79. The monoisotopic (exact) mass is 355 g/mol. The first-order chi connectivity index (χ1) is 12.8. The minimum atomic E-state index is 0.639. The summed E-state index contributed by atoms with van der Waals surface area (Å²) in [4.78, 5) is 10.9. The maximum absolute atomic E-state index is 5.72. The van der Waals surface area contributed by atoms with Crippen molar-refractivity contribution in [2.45, 2.75) is 25.9 Å². The van der Waals surface area contributed by atoms with Gasteiger partial charge in [-0.3, -0.25) is 4.99 Å². The third kappa shape index (κ3) is 5.59. The van der Waals surface area contributed by atoms with Crippen LogP contribution in [0.4, 0.5) is 0 Å². The third-order valence-electron chi connectivity index (χ3n) is 4.60. The molecule has 6 heteroatoms. The normalized spacial score (nSPS) is 14.5. The second kappa shape index (κ2) is 9.38. The van der Waals surface area contributed by atoms with Crippen molar-refractivity contribution in [2.24, 2.45) is 10.9 Å². The number of hydrogen-bond donors (Lipinski definition) is 1. The molecule has 0 atom stereocenters. The van der Waals surface area contributed by atoms with E-state index in [0.29, 0.717) is 6.54 Å². The molecule has 0 bridgehead atoms. The standard InChI is InChI=1S/C20H29N5O/c1-21-20(24(2)12-13-26-16-18-8-9-18)23-14-19-22-10-11-25(19)15-17-6-4-3-5-7-17/h3-7,10-11,18H,8-9,12-16H2,1-2H3,(H,21,23). The van der Waals surface area contributed by atoms with Crippen LogP contribution in [0.5, 0.6) is 0 Å². The summed E-state index contributed by atoms with van der Waals surface area (Å²) in [5.41, 5.74) is 1.26. The molecule has 1 fully saturated rings. The van der Waals surface area contributed by atoms with Crippen LogP contribution >= 0.6 is 0 Å². The predicted octanol–water partition coefficient (Wildman–Crippen LogP) is 2.37. The van der Waals surface area contributed by atoms with E-state index in [0.717, 1.165) is 44.0 Å². The Hall–Kier alpha value is -2.34. The van der Waals surface area contributed by atoms with Crippen LogP contribution < -0.4 is 5.32 Å². The number of nitrogens with one attached hydrogen (secondary N) is 1. The summed E-state index contributed by atoms with van der Waals surface area (Å²) < 4.78 is 7.88. The van der Waals surface area contributed by atoms with Crippen molar-refractivity contribution in [1.29, 1.82) is 0 Å². The highest BCUT2D eigenvalue weighted by Gasteiger charge is 2.21. The van der Waals surface area contributed by atoms with E-state index in [1.165, 1.54) is 18.4 Å². The molecule has 1 saturated carbocycles. The van der Waals surface area contributed by atoms with E-state index in [1.807, 2.05) is 25.5 Å². The molecular formula is C20H29N5O. The quantitative estimate of drug-likeness (QED) is 0.426. The Morgan fingerprint density at radius 2 is 2.15 bits per heavy atom. The molecule has 0 unspecified atom stereocenters. The summed E-state index contributed by atoms with van der Waals surface area (Å²) in [6.45, 7) is 3.92. The van der Waals surface area contributed by atoms with Crippen molar-refractivity contribution in [1.82, 2.24) is 19.8 Å². The van der Waals surface area contributed by atoms with Gasteiger partial charge < -0.3 is 19.5 Å². The maximum Gasteiger partial charge on any atom is 0.193 e. The summed E-state index contributed by atoms with van der Waals surface area (Å²) in [5.74, 6) is 2.66. The highest BCUT2D eigenvalue weighted by atomic mass is 16.5. The number of nitrogens with zero attached hydrogens (tertiary/aromatic N) is 4. The SMILES string of the molecule is CN=C(NCc1nccn1Cc1ccccc1)N(C)CCOCC1CC1. The Labute approximate surface area is 155 Å². The van der Waals surface area contributed by atoms with E-state index in [2.05, 4.69) is 49.0 Å². The van der Waals surface area contributed by atoms with Crippen molar-refractivity contribution in [3.05, 3.63) is 54.1 Å². The molecule has 1 aliphatic rings. The van der Waals surface area contributed by atoms with Crippen molar-refractivity contribution >= 4 is 5.96 Å². The van der Waals surface area contributed by atoms with E-state index >= 15 is 0 Å². The Balaban J connectivity index is 1.46. The summed E-state index contributed by atoms with van der Waals surface area (Å²) in [7, 11) is 3.84. The summed E-state index contributed by atoms with van der Waals surface area (Å²) in [5, 5.41) is 3.40. The Morgan fingerprint density at radius 3 is 2.88 bits per heavy atom. The second-order valence-corrected chi connectivity index (χ2v) is 6.80. The number of aromatic nitrogens is 2. The molecule has 26 heavy (non-hydrogen) atoms. The first kappa shape index (κ1) is 18.5. The van der Waals surface area contributed by atoms with E-state index in [1.54, 1.807) is 7.05 Å². The fourth-order valence-corrected chi connectivity index (χ4v) is 2.82. The van der Waals surface area contributed by atoms with Crippen molar-refractivity contribution < 1.29 is 4.74 Å². The zero-order valence-electron chi connectivity index (χ0n) is 15.8. The zero-order valence-corrected chi connectivity index (χ0v) is 15.8. The van der Waals surface area contributed by atoms with Crippen LogP contribution in [0.3, 0.4) is 0 Å². The molecule has 1 N–H and O–H groups in total. The van der Waals surface area contributed by atoms with Gasteiger partial charge in [0.1, 0.15) is 5.82 Å². The molecule has 0 aliphatic heterocycles. The molecule has 0 saturated heterocycles. The molecule has 140 valence electrons.